The number of hydrogen-bond donors (Lipinski definition) is 3. The first-order chi connectivity index (χ1) is 10.1. The molecular weight excluding hydrogens is 266 g/mol. The van der Waals surface area contributed by atoms with Crippen LogP contribution in [-0.2, 0) is 4.79 Å². The number of amides is 1. The largest absolute Gasteiger partial charge is 0.391 e. The van der Waals surface area contributed by atoms with Gasteiger partial charge in [-0.1, -0.05) is 13.8 Å². The fourth-order valence-electron chi connectivity index (χ4n) is 3.61. The molecule has 2 saturated heterocycles. The lowest BCUT2D eigenvalue weighted by Crippen LogP contribution is -2.51. The van der Waals surface area contributed by atoms with Crippen LogP contribution in [0.25, 0.3) is 0 Å². The molecule has 0 bridgehead atoms. The number of hydrogen-bond acceptors (Lipinski definition) is 4. The summed E-state index contributed by atoms with van der Waals surface area (Å²) in [6.45, 7) is 7.71. The highest BCUT2D eigenvalue weighted by Crippen LogP contribution is 2.24. The SMILES string of the molecule is CC(C)CC(O)CNC(=O)C1CCCN1C1CCNCC1. The Morgan fingerprint density at radius 2 is 2.05 bits per heavy atom. The molecule has 0 radical (unpaired) electrons. The van der Waals surface area contributed by atoms with E-state index in [-0.39, 0.29) is 11.9 Å². The van der Waals surface area contributed by atoms with Gasteiger partial charge >= 0.3 is 0 Å². The Balaban J connectivity index is 1.80. The van der Waals surface area contributed by atoms with Crippen LogP contribution in [0.2, 0.25) is 0 Å². The number of nitrogens with one attached hydrogen (secondary N) is 2. The first-order valence-corrected chi connectivity index (χ1v) is 8.50. The maximum absolute atomic E-state index is 12.4. The molecule has 0 aromatic rings. The molecule has 2 fully saturated rings. The van der Waals surface area contributed by atoms with Crippen LogP contribution in [-0.4, -0.2) is 60.3 Å². The average molecular weight is 297 g/mol. The van der Waals surface area contributed by atoms with Crippen molar-refractivity contribution in [3.05, 3.63) is 0 Å². The third kappa shape index (κ3) is 4.94. The van der Waals surface area contributed by atoms with Crippen LogP contribution in [0.4, 0.5) is 0 Å². The van der Waals surface area contributed by atoms with Crippen LogP contribution < -0.4 is 10.6 Å². The number of piperidine rings is 1. The Kier molecular flexibility index (Phi) is 6.45. The van der Waals surface area contributed by atoms with Crippen LogP contribution >= 0.6 is 0 Å². The fraction of sp³-hybridized carbons (Fsp3) is 0.938. The zero-order valence-electron chi connectivity index (χ0n) is 13.5. The predicted molar refractivity (Wildman–Crippen MR) is 84.1 cm³/mol. The lowest BCUT2D eigenvalue weighted by molar-refractivity contribution is -0.126. The quantitative estimate of drug-likeness (QED) is 0.676. The van der Waals surface area contributed by atoms with Gasteiger partial charge in [0.1, 0.15) is 0 Å². The molecule has 2 aliphatic rings. The maximum Gasteiger partial charge on any atom is 0.237 e. The standard InChI is InChI=1S/C16H31N3O2/c1-12(2)10-14(20)11-18-16(21)15-4-3-9-19(15)13-5-7-17-8-6-13/h12-15,17,20H,3-11H2,1-2H3,(H,18,21). The van der Waals surface area contributed by atoms with E-state index >= 15 is 0 Å². The van der Waals surface area contributed by atoms with Gasteiger partial charge in [-0.05, 0) is 57.7 Å². The summed E-state index contributed by atoms with van der Waals surface area (Å²) in [4.78, 5) is 14.8. The van der Waals surface area contributed by atoms with Gasteiger partial charge in [0, 0.05) is 12.6 Å². The Bertz CT molecular complexity index is 329. The second-order valence-electron chi connectivity index (χ2n) is 6.91. The Morgan fingerprint density at radius 3 is 2.71 bits per heavy atom. The summed E-state index contributed by atoms with van der Waals surface area (Å²) in [5, 5.41) is 16.2. The minimum absolute atomic E-state index is 0.0133. The summed E-state index contributed by atoms with van der Waals surface area (Å²) in [5.41, 5.74) is 0. The van der Waals surface area contributed by atoms with Gasteiger partial charge in [0.2, 0.25) is 5.91 Å². The highest BCUT2D eigenvalue weighted by Gasteiger charge is 2.35. The van der Waals surface area contributed by atoms with Gasteiger partial charge in [-0.25, -0.2) is 0 Å². The van der Waals surface area contributed by atoms with Crippen molar-refractivity contribution in [2.45, 2.75) is 64.1 Å². The second kappa shape index (κ2) is 8.11. The predicted octanol–water partition coefficient (Wildman–Crippen LogP) is 0.726. The summed E-state index contributed by atoms with van der Waals surface area (Å²) in [6.07, 6.45) is 4.65. The molecule has 5 nitrogen and oxygen atoms in total. The van der Waals surface area contributed by atoms with E-state index in [1.165, 1.54) is 0 Å². The molecule has 2 heterocycles. The van der Waals surface area contributed by atoms with Gasteiger partial charge in [-0.15, -0.1) is 0 Å². The Morgan fingerprint density at radius 1 is 1.33 bits per heavy atom. The van der Waals surface area contributed by atoms with Gasteiger partial charge in [-0.3, -0.25) is 9.69 Å². The van der Waals surface area contributed by atoms with Gasteiger partial charge in [0.15, 0.2) is 0 Å². The van der Waals surface area contributed by atoms with Crippen LogP contribution in [0.1, 0.15) is 46.0 Å². The number of carbonyl (C=O) groups excluding carboxylic acids is 1. The molecule has 1 amide bonds. The van der Waals surface area contributed by atoms with Crippen molar-refractivity contribution in [2.24, 2.45) is 5.92 Å². The third-order valence-corrected chi connectivity index (χ3v) is 4.63. The minimum atomic E-state index is -0.428. The first-order valence-electron chi connectivity index (χ1n) is 8.50. The Labute approximate surface area is 128 Å². The highest BCUT2D eigenvalue weighted by atomic mass is 16.3. The number of likely N-dealkylation sites (tertiary alicyclic amines) is 1. The molecule has 2 atom stereocenters. The lowest BCUT2D eigenvalue weighted by atomic mass is 10.0. The number of rotatable bonds is 6. The number of aliphatic hydroxyl groups is 1. The molecular formula is C16H31N3O2. The molecule has 2 aliphatic heterocycles. The fourth-order valence-corrected chi connectivity index (χ4v) is 3.61. The van der Waals surface area contributed by atoms with Gasteiger partial charge in [-0.2, -0.15) is 0 Å². The molecule has 0 aliphatic carbocycles. The van der Waals surface area contributed by atoms with E-state index in [2.05, 4.69) is 29.4 Å². The van der Waals surface area contributed by atoms with Crippen molar-refractivity contribution >= 4 is 5.91 Å². The van der Waals surface area contributed by atoms with Gasteiger partial charge in [0.25, 0.3) is 0 Å². The van der Waals surface area contributed by atoms with Crippen molar-refractivity contribution in [1.29, 1.82) is 0 Å². The topological polar surface area (TPSA) is 64.6 Å². The summed E-state index contributed by atoms with van der Waals surface area (Å²) in [6, 6.07) is 0.560. The molecule has 5 heteroatoms. The van der Waals surface area contributed by atoms with E-state index in [0.29, 0.717) is 18.5 Å². The smallest absolute Gasteiger partial charge is 0.237 e. The number of carbonyl (C=O) groups is 1. The maximum atomic E-state index is 12.4. The van der Waals surface area contributed by atoms with E-state index in [0.717, 1.165) is 51.7 Å². The third-order valence-electron chi connectivity index (χ3n) is 4.63. The molecule has 0 spiro atoms. The minimum Gasteiger partial charge on any atom is -0.391 e. The van der Waals surface area contributed by atoms with Crippen molar-refractivity contribution in [1.82, 2.24) is 15.5 Å². The lowest BCUT2D eigenvalue weighted by Gasteiger charge is -2.35. The van der Waals surface area contributed by atoms with Crippen LogP contribution in [0.5, 0.6) is 0 Å². The van der Waals surface area contributed by atoms with Crippen molar-refractivity contribution in [3.8, 4) is 0 Å². The average Bonchev–Trinajstić information content (AvgIpc) is 2.94. The van der Waals surface area contributed by atoms with Gasteiger partial charge in [0.05, 0.1) is 12.1 Å². The molecule has 0 aromatic heterocycles. The van der Waals surface area contributed by atoms with E-state index in [9.17, 15) is 9.90 Å². The summed E-state index contributed by atoms with van der Waals surface area (Å²) < 4.78 is 0. The number of nitrogens with zero attached hydrogens (tertiary/aromatic N) is 1. The molecule has 122 valence electrons. The van der Waals surface area contributed by atoms with Crippen LogP contribution in [0, 0.1) is 5.92 Å². The van der Waals surface area contributed by atoms with Crippen LogP contribution in [0.15, 0.2) is 0 Å². The van der Waals surface area contributed by atoms with Crippen molar-refractivity contribution < 1.29 is 9.90 Å². The van der Waals surface area contributed by atoms with Gasteiger partial charge < -0.3 is 15.7 Å². The molecule has 0 saturated carbocycles. The summed E-state index contributed by atoms with van der Waals surface area (Å²) >= 11 is 0. The van der Waals surface area contributed by atoms with Crippen LogP contribution in [0.3, 0.4) is 0 Å². The summed E-state index contributed by atoms with van der Waals surface area (Å²) in [5.74, 6) is 0.559. The molecule has 21 heavy (non-hydrogen) atoms. The Hall–Kier alpha value is -0.650. The van der Waals surface area contributed by atoms with Crippen molar-refractivity contribution in [2.75, 3.05) is 26.2 Å². The second-order valence-corrected chi connectivity index (χ2v) is 6.91. The van der Waals surface area contributed by atoms with E-state index in [4.69, 9.17) is 0 Å². The van der Waals surface area contributed by atoms with E-state index < -0.39 is 6.10 Å². The normalized spacial score (nSPS) is 26.2. The first kappa shape index (κ1) is 16.7. The number of aliphatic hydroxyl groups excluding tert-OH is 1. The van der Waals surface area contributed by atoms with Crippen molar-refractivity contribution in [3.63, 3.8) is 0 Å². The zero-order valence-corrected chi connectivity index (χ0v) is 13.5. The molecule has 0 aromatic carbocycles. The zero-order chi connectivity index (χ0) is 15.2. The monoisotopic (exact) mass is 297 g/mol. The highest BCUT2D eigenvalue weighted by molar-refractivity contribution is 5.82. The molecule has 3 N–H and O–H groups in total. The van der Waals surface area contributed by atoms with E-state index in [1.54, 1.807) is 0 Å². The molecule has 2 rings (SSSR count). The summed E-state index contributed by atoms with van der Waals surface area (Å²) in [7, 11) is 0. The molecule has 2 unspecified atom stereocenters. The van der Waals surface area contributed by atoms with E-state index in [1.807, 2.05) is 0 Å².